The summed E-state index contributed by atoms with van der Waals surface area (Å²) in [5.74, 6) is -0.868. The number of aryl methyl sites for hydroxylation is 1. The Bertz CT molecular complexity index is 493. The van der Waals surface area contributed by atoms with E-state index in [1.807, 2.05) is 17.9 Å². The van der Waals surface area contributed by atoms with Gasteiger partial charge in [0.25, 0.3) is 5.91 Å². The highest BCUT2D eigenvalue weighted by Gasteiger charge is 2.27. The first-order chi connectivity index (χ1) is 9.49. The number of piperazine rings is 1. The number of carbonyl (C=O) groups excluding carboxylic acids is 1. The van der Waals surface area contributed by atoms with Gasteiger partial charge in [-0.15, -0.1) is 0 Å². The van der Waals surface area contributed by atoms with Crippen molar-refractivity contribution in [2.45, 2.75) is 19.9 Å². The molecule has 1 saturated heterocycles. The minimum atomic E-state index is -0.826. The molecular weight excluding hydrogens is 258 g/mol. The molecule has 2 rings (SSSR count). The molecule has 0 aliphatic carbocycles. The van der Waals surface area contributed by atoms with Crippen LogP contribution in [0.5, 0.6) is 0 Å². The summed E-state index contributed by atoms with van der Waals surface area (Å²) in [5.41, 5.74) is 1.46. The molecule has 1 aliphatic heterocycles. The summed E-state index contributed by atoms with van der Waals surface area (Å²) in [6, 6.07) is 3.08. The Labute approximate surface area is 118 Å². The number of nitrogens with zero attached hydrogens (tertiary/aromatic N) is 3. The number of aromatic nitrogens is 1. The average molecular weight is 277 g/mol. The van der Waals surface area contributed by atoms with E-state index in [1.54, 1.807) is 24.1 Å². The van der Waals surface area contributed by atoms with Crippen LogP contribution < -0.4 is 0 Å². The first kappa shape index (κ1) is 14.5. The molecule has 2 heterocycles. The molecule has 6 nitrogen and oxygen atoms in total. The Morgan fingerprint density at radius 1 is 1.25 bits per heavy atom. The minimum absolute atomic E-state index is 0.0415. The van der Waals surface area contributed by atoms with E-state index in [0.29, 0.717) is 31.7 Å². The van der Waals surface area contributed by atoms with Crippen molar-refractivity contribution < 1.29 is 14.7 Å². The number of rotatable bonds is 3. The zero-order valence-corrected chi connectivity index (χ0v) is 11.7. The lowest BCUT2D eigenvalue weighted by Gasteiger charge is -2.36. The van der Waals surface area contributed by atoms with Gasteiger partial charge in [-0.25, -0.2) is 0 Å². The summed E-state index contributed by atoms with van der Waals surface area (Å²) in [6.45, 7) is 5.80. The van der Waals surface area contributed by atoms with Crippen LogP contribution >= 0.6 is 0 Å². The summed E-state index contributed by atoms with van der Waals surface area (Å²) in [6.07, 6.45) is 1.59. The quantitative estimate of drug-likeness (QED) is 0.876. The fourth-order valence-electron chi connectivity index (χ4n) is 2.25. The number of hydrogen-bond donors (Lipinski definition) is 1. The largest absolute Gasteiger partial charge is 0.480 e. The number of aliphatic carboxylic acids is 1. The maximum absolute atomic E-state index is 12.3. The van der Waals surface area contributed by atoms with Gasteiger partial charge in [0.1, 0.15) is 6.04 Å². The number of carbonyl (C=O) groups is 2. The molecule has 1 N–H and O–H groups in total. The van der Waals surface area contributed by atoms with Crippen LogP contribution in [0.2, 0.25) is 0 Å². The number of carboxylic acids is 1. The fraction of sp³-hybridized carbons (Fsp3) is 0.500. The van der Waals surface area contributed by atoms with Gasteiger partial charge in [-0.1, -0.05) is 0 Å². The zero-order valence-electron chi connectivity index (χ0n) is 11.7. The summed E-state index contributed by atoms with van der Waals surface area (Å²) < 4.78 is 0. The monoisotopic (exact) mass is 277 g/mol. The highest BCUT2D eigenvalue weighted by atomic mass is 16.4. The predicted molar refractivity (Wildman–Crippen MR) is 73.5 cm³/mol. The van der Waals surface area contributed by atoms with E-state index in [1.165, 1.54) is 0 Å². The van der Waals surface area contributed by atoms with E-state index >= 15 is 0 Å². The molecule has 0 radical (unpaired) electrons. The molecule has 0 bridgehead atoms. The van der Waals surface area contributed by atoms with Crippen molar-refractivity contribution in [3.8, 4) is 0 Å². The molecule has 0 saturated carbocycles. The first-order valence-electron chi connectivity index (χ1n) is 6.68. The molecule has 1 amide bonds. The Morgan fingerprint density at radius 2 is 1.90 bits per heavy atom. The first-order valence-corrected chi connectivity index (χ1v) is 6.68. The lowest BCUT2D eigenvalue weighted by molar-refractivity contribution is -0.143. The third-order valence-corrected chi connectivity index (χ3v) is 3.66. The smallest absolute Gasteiger partial charge is 0.320 e. The van der Waals surface area contributed by atoms with Gasteiger partial charge >= 0.3 is 5.97 Å². The summed E-state index contributed by atoms with van der Waals surface area (Å²) >= 11 is 0. The lowest BCUT2D eigenvalue weighted by Crippen LogP contribution is -2.53. The van der Waals surface area contributed by atoms with Crippen LogP contribution in [0.15, 0.2) is 18.3 Å². The van der Waals surface area contributed by atoms with E-state index < -0.39 is 12.0 Å². The van der Waals surface area contributed by atoms with Gasteiger partial charge in [-0.2, -0.15) is 0 Å². The summed E-state index contributed by atoms with van der Waals surface area (Å²) in [5, 5.41) is 8.98. The number of amides is 1. The normalized spacial score (nSPS) is 17.8. The van der Waals surface area contributed by atoms with Crippen LogP contribution in [-0.2, 0) is 4.79 Å². The number of carboxylic acid groups (broad SMARTS) is 1. The standard InChI is InChI=1S/C14H19N3O3/c1-10-3-4-12(9-15-10)13(18)17-7-5-16(6-8-17)11(2)14(19)20/h3-4,9,11H,5-8H2,1-2H3,(H,19,20). The molecule has 6 heteroatoms. The van der Waals surface area contributed by atoms with Crippen molar-refractivity contribution >= 4 is 11.9 Å². The highest BCUT2D eigenvalue weighted by molar-refractivity contribution is 5.94. The second-order valence-electron chi connectivity index (χ2n) is 5.03. The molecule has 1 aliphatic rings. The predicted octanol–water partition coefficient (Wildman–Crippen LogP) is 0.621. The van der Waals surface area contributed by atoms with E-state index in [9.17, 15) is 9.59 Å². The van der Waals surface area contributed by atoms with Crippen molar-refractivity contribution in [2.75, 3.05) is 26.2 Å². The highest BCUT2D eigenvalue weighted by Crippen LogP contribution is 2.10. The van der Waals surface area contributed by atoms with Crippen LogP contribution in [0, 0.1) is 6.92 Å². The molecular formula is C14H19N3O3. The van der Waals surface area contributed by atoms with Crippen LogP contribution in [0.4, 0.5) is 0 Å². The molecule has 0 spiro atoms. The number of hydrogen-bond acceptors (Lipinski definition) is 4. The van der Waals surface area contributed by atoms with Crippen LogP contribution in [0.1, 0.15) is 23.0 Å². The third kappa shape index (κ3) is 3.14. The second-order valence-corrected chi connectivity index (χ2v) is 5.03. The van der Waals surface area contributed by atoms with E-state index in [-0.39, 0.29) is 5.91 Å². The van der Waals surface area contributed by atoms with Gasteiger partial charge in [0.05, 0.1) is 5.56 Å². The van der Waals surface area contributed by atoms with Gasteiger partial charge in [0, 0.05) is 38.1 Å². The summed E-state index contributed by atoms with van der Waals surface area (Å²) in [4.78, 5) is 31.0. The second kappa shape index (κ2) is 6.00. The van der Waals surface area contributed by atoms with Crippen molar-refractivity contribution in [3.63, 3.8) is 0 Å². The van der Waals surface area contributed by atoms with Crippen LogP contribution in [-0.4, -0.2) is 64.0 Å². The van der Waals surface area contributed by atoms with Gasteiger partial charge < -0.3 is 10.0 Å². The van der Waals surface area contributed by atoms with Crippen molar-refractivity contribution in [1.82, 2.24) is 14.8 Å². The van der Waals surface area contributed by atoms with Crippen molar-refractivity contribution in [3.05, 3.63) is 29.6 Å². The zero-order chi connectivity index (χ0) is 14.7. The number of pyridine rings is 1. The Balaban J connectivity index is 1.95. The molecule has 1 unspecified atom stereocenters. The Hall–Kier alpha value is -1.95. The molecule has 0 aromatic carbocycles. The Morgan fingerprint density at radius 3 is 2.40 bits per heavy atom. The maximum atomic E-state index is 12.3. The Kier molecular flexibility index (Phi) is 4.34. The van der Waals surface area contributed by atoms with Crippen LogP contribution in [0.25, 0.3) is 0 Å². The van der Waals surface area contributed by atoms with E-state index in [4.69, 9.17) is 5.11 Å². The van der Waals surface area contributed by atoms with Crippen molar-refractivity contribution in [2.24, 2.45) is 0 Å². The summed E-state index contributed by atoms with van der Waals surface area (Å²) in [7, 11) is 0. The minimum Gasteiger partial charge on any atom is -0.480 e. The van der Waals surface area contributed by atoms with E-state index in [0.717, 1.165) is 5.69 Å². The van der Waals surface area contributed by atoms with Crippen molar-refractivity contribution in [1.29, 1.82) is 0 Å². The molecule has 108 valence electrons. The van der Waals surface area contributed by atoms with Gasteiger partial charge in [-0.05, 0) is 26.0 Å². The average Bonchev–Trinajstić information content (AvgIpc) is 2.46. The molecule has 20 heavy (non-hydrogen) atoms. The molecule has 1 atom stereocenters. The molecule has 1 aromatic rings. The SMILES string of the molecule is Cc1ccc(C(=O)N2CCN(C(C)C(=O)O)CC2)cn1. The molecule has 1 fully saturated rings. The molecule has 1 aromatic heterocycles. The third-order valence-electron chi connectivity index (χ3n) is 3.66. The van der Waals surface area contributed by atoms with Gasteiger partial charge in [0.15, 0.2) is 0 Å². The van der Waals surface area contributed by atoms with E-state index in [2.05, 4.69) is 4.98 Å². The lowest BCUT2D eigenvalue weighted by atomic mass is 10.2. The van der Waals surface area contributed by atoms with Gasteiger partial charge in [0.2, 0.25) is 0 Å². The van der Waals surface area contributed by atoms with Gasteiger partial charge in [-0.3, -0.25) is 19.5 Å². The maximum Gasteiger partial charge on any atom is 0.320 e. The topological polar surface area (TPSA) is 73.7 Å². The fourth-order valence-corrected chi connectivity index (χ4v) is 2.25. The van der Waals surface area contributed by atoms with Crippen LogP contribution in [0.3, 0.4) is 0 Å².